The molecule has 0 saturated carbocycles. The number of nitrogens with two attached hydrogens (primary N) is 1. The van der Waals surface area contributed by atoms with Crippen molar-refractivity contribution in [3.63, 3.8) is 0 Å². The van der Waals surface area contributed by atoms with E-state index in [1.165, 1.54) is 7.05 Å². The fourth-order valence-corrected chi connectivity index (χ4v) is 3.17. The van der Waals surface area contributed by atoms with E-state index < -0.39 is 29.2 Å². The molecule has 1 aromatic rings. The van der Waals surface area contributed by atoms with Crippen molar-refractivity contribution in [2.24, 2.45) is 23.0 Å². The molecule has 0 fully saturated rings. The van der Waals surface area contributed by atoms with Crippen LogP contribution < -0.4 is 11.1 Å². The third kappa shape index (κ3) is 7.85. The van der Waals surface area contributed by atoms with Gasteiger partial charge < -0.3 is 11.1 Å². The Hall–Kier alpha value is -2.41. The van der Waals surface area contributed by atoms with Gasteiger partial charge in [-0.25, -0.2) is 5.06 Å². The first-order chi connectivity index (χ1) is 13.5. The van der Waals surface area contributed by atoms with Crippen LogP contribution in [0.3, 0.4) is 0 Å². The maximum absolute atomic E-state index is 13.2. The molecule has 1 rings (SSSR count). The minimum atomic E-state index is -0.865. The number of benzene rings is 1. The zero-order valence-corrected chi connectivity index (χ0v) is 18.4. The summed E-state index contributed by atoms with van der Waals surface area (Å²) in [6.07, 6.45) is 0.389. The van der Waals surface area contributed by atoms with Gasteiger partial charge in [0.15, 0.2) is 0 Å². The number of rotatable bonds is 10. The summed E-state index contributed by atoms with van der Waals surface area (Å²) in [5, 5.41) is 3.74. The van der Waals surface area contributed by atoms with E-state index in [0.717, 1.165) is 10.6 Å². The quantitative estimate of drug-likeness (QED) is 0.584. The van der Waals surface area contributed by atoms with Crippen LogP contribution >= 0.6 is 0 Å². The minimum absolute atomic E-state index is 0.105. The molecule has 0 heterocycles. The van der Waals surface area contributed by atoms with Gasteiger partial charge in [-0.15, -0.1) is 0 Å². The Bertz CT molecular complexity index is 683. The van der Waals surface area contributed by atoms with Crippen LogP contribution in [0.1, 0.15) is 53.0 Å². The Balaban J connectivity index is 3.17. The molecule has 7 nitrogen and oxygen atoms in total. The van der Waals surface area contributed by atoms with Crippen molar-refractivity contribution in [2.45, 2.75) is 60.1 Å². The lowest BCUT2D eigenvalue weighted by Crippen LogP contribution is -2.55. The Morgan fingerprint density at radius 1 is 1.14 bits per heavy atom. The summed E-state index contributed by atoms with van der Waals surface area (Å²) in [5.41, 5.74) is 5.79. The second kappa shape index (κ2) is 11.0. The first-order valence-corrected chi connectivity index (χ1v) is 9.97. The molecule has 0 aliphatic heterocycles. The second-order valence-electron chi connectivity index (χ2n) is 8.79. The predicted molar refractivity (Wildman–Crippen MR) is 112 cm³/mol. The number of carbonyl (C=O) groups is 3. The lowest BCUT2D eigenvalue weighted by molar-refractivity contribution is -0.218. The number of likely N-dealkylation sites (N-methyl/N-ethyl adjacent to an activating group) is 1. The van der Waals surface area contributed by atoms with E-state index >= 15 is 0 Å². The van der Waals surface area contributed by atoms with Crippen LogP contribution in [-0.4, -0.2) is 35.9 Å². The molecule has 0 aliphatic carbocycles. The Kier molecular flexibility index (Phi) is 9.30. The fourth-order valence-electron chi connectivity index (χ4n) is 3.17. The van der Waals surface area contributed by atoms with Crippen LogP contribution in [0, 0.1) is 17.3 Å². The number of amides is 3. The summed E-state index contributed by atoms with van der Waals surface area (Å²) in [7, 11) is 1.52. The zero-order valence-electron chi connectivity index (χ0n) is 18.4. The molecule has 0 unspecified atom stereocenters. The normalized spacial score (nSPS) is 13.6. The maximum atomic E-state index is 13.2. The van der Waals surface area contributed by atoms with Gasteiger partial charge in [-0.3, -0.25) is 19.2 Å². The number of carbonyl (C=O) groups excluding carboxylic acids is 3. The average molecular weight is 406 g/mol. The first-order valence-electron chi connectivity index (χ1n) is 9.97. The van der Waals surface area contributed by atoms with Gasteiger partial charge >= 0.3 is 0 Å². The topological polar surface area (TPSA) is 102 Å². The van der Waals surface area contributed by atoms with E-state index in [1.54, 1.807) is 0 Å². The molecule has 3 amide bonds. The molecular weight excluding hydrogens is 370 g/mol. The van der Waals surface area contributed by atoms with Gasteiger partial charge in [-0.05, 0) is 23.3 Å². The van der Waals surface area contributed by atoms with E-state index in [9.17, 15) is 14.4 Å². The zero-order chi connectivity index (χ0) is 22.2. The monoisotopic (exact) mass is 405 g/mol. The molecule has 0 radical (unpaired) electrons. The van der Waals surface area contributed by atoms with Crippen LogP contribution in [0.15, 0.2) is 30.3 Å². The number of nitrogens with one attached hydrogen (secondary N) is 1. The molecule has 1 aromatic carbocycles. The summed E-state index contributed by atoms with van der Waals surface area (Å²) >= 11 is 0. The molecule has 0 aliphatic rings. The molecule has 7 heteroatoms. The van der Waals surface area contributed by atoms with Crippen molar-refractivity contribution in [3.8, 4) is 0 Å². The number of hydroxylamine groups is 2. The highest BCUT2D eigenvalue weighted by atomic mass is 16.7. The lowest BCUT2D eigenvalue weighted by atomic mass is 9.85. The number of nitrogens with zero attached hydrogens (tertiary/aromatic N) is 1. The summed E-state index contributed by atoms with van der Waals surface area (Å²) in [5.74, 6) is -1.71. The van der Waals surface area contributed by atoms with Gasteiger partial charge in [0, 0.05) is 19.4 Å². The van der Waals surface area contributed by atoms with Crippen molar-refractivity contribution in [3.05, 3.63) is 35.9 Å². The molecule has 0 spiro atoms. The van der Waals surface area contributed by atoms with Crippen molar-refractivity contribution < 1.29 is 19.2 Å². The molecule has 3 N–H and O–H groups in total. The standard InChI is InChI=1S/C22H35N3O4/c1-15(2)12-17(20(23)27)13-18(26)25(19(21(28)24-6)22(3,4)5)29-14-16-10-8-7-9-11-16/h7-11,15,17,19H,12-14H2,1-6H3,(H2,23,27)(H,24,28)/t17-,19+/m0/s1. The van der Waals surface area contributed by atoms with E-state index in [-0.39, 0.29) is 24.9 Å². The fraction of sp³-hybridized carbons (Fsp3) is 0.591. The van der Waals surface area contributed by atoms with Gasteiger partial charge in [0.25, 0.3) is 0 Å². The van der Waals surface area contributed by atoms with Crippen LogP contribution in [0.2, 0.25) is 0 Å². The molecule has 0 bridgehead atoms. The summed E-state index contributed by atoms with van der Waals surface area (Å²) in [6, 6.07) is 8.52. The van der Waals surface area contributed by atoms with Crippen molar-refractivity contribution in [2.75, 3.05) is 7.05 Å². The highest BCUT2D eigenvalue weighted by Crippen LogP contribution is 2.28. The summed E-state index contributed by atoms with van der Waals surface area (Å²) < 4.78 is 0. The van der Waals surface area contributed by atoms with E-state index in [1.807, 2.05) is 65.0 Å². The molecular formula is C22H35N3O4. The van der Waals surface area contributed by atoms with Crippen LogP contribution in [0.25, 0.3) is 0 Å². The third-order valence-electron chi connectivity index (χ3n) is 4.59. The number of hydrogen-bond donors (Lipinski definition) is 2. The molecule has 0 aromatic heterocycles. The average Bonchev–Trinajstić information content (AvgIpc) is 2.63. The smallest absolute Gasteiger partial charge is 0.247 e. The van der Waals surface area contributed by atoms with Gasteiger partial charge in [-0.1, -0.05) is 65.0 Å². The van der Waals surface area contributed by atoms with Crippen molar-refractivity contribution in [1.29, 1.82) is 0 Å². The largest absolute Gasteiger partial charge is 0.369 e. The second-order valence-corrected chi connectivity index (χ2v) is 8.79. The summed E-state index contributed by atoms with van der Waals surface area (Å²) in [4.78, 5) is 43.5. The van der Waals surface area contributed by atoms with Gasteiger partial charge in [0.1, 0.15) is 12.6 Å². The molecule has 162 valence electrons. The number of hydrogen-bond acceptors (Lipinski definition) is 4. The highest BCUT2D eigenvalue weighted by Gasteiger charge is 2.40. The Morgan fingerprint density at radius 2 is 1.72 bits per heavy atom. The minimum Gasteiger partial charge on any atom is -0.369 e. The van der Waals surface area contributed by atoms with Crippen molar-refractivity contribution in [1.82, 2.24) is 10.4 Å². The van der Waals surface area contributed by atoms with Crippen LogP contribution in [0.4, 0.5) is 0 Å². The number of primary amides is 1. The Labute approximate surface area is 173 Å². The predicted octanol–water partition coefficient (Wildman–Crippen LogP) is 2.65. The third-order valence-corrected chi connectivity index (χ3v) is 4.59. The van der Waals surface area contributed by atoms with Crippen LogP contribution in [0.5, 0.6) is 0 Å². The van der Waals surface area contributed by atoms with E-state index in [4.69, 9.17) is 10.6 Å². The van der Waals surface area contributed by atoms with E-state index in [2.05, 4.69) is 5.32 Å². The molecule has 0 saturated heterocycles. The molecule has 29 heavy (non-hydrogen) atoms. The lowest BCUT2D eigenvalue weighted by Gasteiger charge is -2.38. The van der Waals surface area contributed by atoms with Gasteiger partial charge in [0.2, 0.25) is 17.7 Å². The summed E-state index contributed by atoms with van der Waals surface area (Å²) in [6.45, 7) is 9.64. The maximum Gasteiger partial charge on any atom is 0.247 e. The van der Waals surface area contributed by atoms with Gasteiger partial charge in [0.05, 0.1) is 0 Å². The first kappa shape index (κ1) is 24.6. The van der Waals surface area contributed by atoms with Crippen LogP contribution in [-0.2, 0) is 25.8 Å². The van der Waals surface area contributed by atoms with E-state index in [0.29, 0.717) is 6.42 Å². The van der Waals surface area contributed by atoms with Crippen molar-refractivity contribution >= 4 is 17.7 Å². The molecule has 2 atom stereocenters. The Morgan fingerprint density at radius 3 is 2.17 bits per heavy atom. The van der Waals surface area contributed by atoms with Gasteiger partial charge in [-0.2, -0.15) is 0 Å². The SMILES string of the molecule is CNC(=O)[C@@H](N(OCc1ccccc1)C(=O)C[C@H](CC(C)C)C(N)=O)C(C)(C)C. The highest BCUT2D eigenvalue weighted by molar-refractivity contribution is 5.89.